The molecule has 2 aromatic rings. The smallest absolute Gasteiger partial charge is 0.252 e. The molecule has 0 heterocycles. The van der Waals surface area contributed by atoms with Crippen molar-refractivity contribution in [1.82, 2.24) is 0 Å². The van der Waals surface area contributed by atoms with Gasteiger partial charge >= 0.3 is 0 Å². The molecule has 0 bridgehead atoms. The van der Waals surface area contributed by atoms with Crippen LogP contribution in [-0.4, -0.2) is 38.4 Å². The van der Waals surface area contributed by atoms with Gasteiger partial charge in [0, 0.05) is 18.0 Å². The van der Waals surface area contributed by atoms with Crippen LogP contribution in [0, 0.1) is 11.8 Å². The average Bonchev–Trinajstić information content (AvgIpc) is 2.81. The number of fused-ring (bicyclic) bond motifs is 3. The van der Waals surface area contributed by atoms with Crippen molar-refractivity contribution in [2.45, 2.75) is 31.4 Å². The van der Waals surface area contributed by atoms with Crippen molar-refractivity contribution >= 4 is 23.2 Å². The zero-order valence-electron chi connectivity index (χ0n) is 18.2. The summed E-state index contributed by atoms with van der Waals surface area (Å²) in [5.41, 5.74) is 11.4. The van der Waals surface area contributed by atoms with Gasteiger partial charge in [-0.1, -0.05) is 36.4 Å². The second-order valence-corrected chi connectivity index (χ2v) is 9.13. The van der Waals surface area contributed by atoms with Crippen LogP contribution in [0.4, 0.5) is 0 Å². The summed E-state index contributed by atoms with van der Waals surface area (Å²) in [5, 5.41) is 33.0. The van der Waals surface area contributed by atoms with Gasteiger partial charge in [-0.3, -0.25) is 14.4 Å². The van der Waals surface area contributed by atoms with E-state index in [0.29, 0.717) is 18.5 Å². The van der Waals surface area contributed by atoms with Crippen LogP contribution in [0.15, 0.2) is 53.6 Å². The summed E-state index contributed by atoms with van der Waals surface area (Å²) in [4.78, 5) is 38.1. The monoisotopic (exact) mass is 460 g/mol. The van der Waals surface area contributed by atoms with Gasteiger partial charge in [-0.15, -0.1) is 0 Å². The number of aliphatic hydroxyl groups excluding tert-OH is 1. The standard InChI is InChI=1S/C26H24N2O6/c27-11-12-1-3-13(4-2-12)16-7-8-19(29)21-18(16)10-14-9-15-5-6-17(25(28)33)23(31)26(15,34)24(32)20(14)22(21)30/h1-4,6-8,14-15,29-30,34H,5,9-11,27H2,(H2,28,33)/t14-,15-,26-/m1/s1. The summed E-state index contributed by atoms with van der Waals surface area (Å²) in [5.74, 6) is -4.87. The number of aliphatic hydroxyl groups is 2. The number of hydrogen-bond acceptors (Lipinski definition) is 7. The lowest BCUT2D eigenvalue weighted by Gasteiger charge is -2.45. The first-order valence-corrected chi connectivity index (χ1v) is 11.1. The summed E-state index contributed by atoms with van der Waals surface area (Å²) in [6.07, 6.45) is 2.09. The summed E-state index contributed by atoms with van der Waals surface area (Å²) in [6, 6.07) is 10.8. The number of ketones is 2. The van der Waals surface area contributed by atoms with Crippen LogP contribution in [0.3, 0.4) is 0 Å². The first-order valence-electron chi connectivity index (χ1n) is 11.1. The maximum absolute atomic E-state index is 13.5. The molecule has 8 nitrogen and oxygen atoms in total. The van der Waals surface area contributed by atoms with Gasteiger partial charge < -0.3 is 26.8 Å². The fraction of sp³-hybridized carbons (Fsp3) is 0.269. The second-order valence-electron chi connectivity index (χ2n) is 9.13. The third-order valence-electron chi connectivity index (χ3n) is 7.36. The zero-order chi connectivity index (χ0) is 24.4. The maximum atomic E-state index is 13.5. The van der Waals surface area contributed by atoms with E-state index in [-0.39, 0.29) is 29.7 Å². The number of nitrogens with two attached hydrogens (primary N) is 2. The minimum atomic E-state index is -2.47. The number of phenolic OH excluding ortho intramolecular Hbond substituents is 1. The van der Waals surface area contributed by atoms with E-state index >= 15 is 0 Å². The molecule has 3 aliphatic rings. The lowest BCUT2D eigenvalue weighted by atomic mass is 9.59. The van der Waals surface area contributed by atoms with Gasteiger partial charge in [0.25, 0.3) is 5.91 Å². The minimum Gasteiger partial charge on any atom is -0.507 e. The Hall–Kier alpha value is -3.75. The van der Waals surface area contributed by atoms with Crippen molar-refractivity contribution < 1.29 is 29.7 Å². The molecule has 0 aliphatic heterocycles. The van der Waals surface area contributed by atoms with Gasteiger partial charge in [0.2, 0.25) is 11.6 Å². The molecule has 34 heavy (non-hydrogen) atoms. The predicted molar refractivity (Wildman–Crippen MR) is 123 cm³/mol. The van der Waals surface area contributed by atoms with Gasteiger partial charge in [0.05, 0.1) is 11.1 Å². The van der Waals surface area contributed by atoms with Crippen molar-refractivity contribution in [2.75, 3.05) is 0 Å². The molecule has 0 unspecified atom stereocenters. The van der Waals surface area contributed by atoms with Gasteiger partial charge in [-0.25, -0.2) is 0 Å². The van der Waals surface area contributed by atoms with E-state index in [1.807, 2.05) is 24.3 Å². The summed E-state index contributed by atoms with van der Waals surface area (Å²) in [6.45, 7) is 0.403. The number of hydrogen-bond donors (Lipinski definition) is 5. The SMILES string of the molecule is NCc1ccc(-c2ccc(O)c3c2C[C@H]2C[C@H]4CC=C(C(N)=O)C(=O)[C@@]4(O)C(=O)C2=C3O)cc1. The second kappa shape index (κ2) is 7.65. The molecule has 1 amide bonds. The van der Waals surface area contributed by atoms with E-state index in [0.717, 1.165) is 16.7 Å². The van der Waals surface area contributed by atoms with E-state index in [1.165, 1.54) is 12.1 Å². The lowest BCUT2D eigenvalue weighted by molar-refractivity contribution is -0.157. The number of carbonyl (C=O) groups is 3. The van der Waals surface area contributed by atoms with Gasteiger partial charge in [-0.05, 0) is 53.5 Å². The summed E-state index contributed by atoms with van der Waals surface area (Å²) < 4.78 is 0. The number of carbonyl (C=O) groups excluding carboxylic acids is 3. The Morgan fingerprint density at radius 2 is 1.76 bits per heavy atom. The van der Waals surface area contributed by atoms with Crippen LogP contribution >= 0.6 is 0 Å². The molecular weight excluding hydrogens is 436 g/mol. The highest BCUT2D eigenvalue weighted by Crippen LogP contribution is 2.51. The fourth-order valence-corrected chi connectivity index (χ4v) is 5.60. The van der Waals surface area contributed by atoms with Crippen LogP contribution in [0.5, 0.6) is 5.75 Å². The molecule has 3 aliphatic carbocycles. The van der Waals surface area contributed by atoms with Crippen LogP contribution in [-0.2, 0) is 27.3 Å². The predicted octanol–water partition coefficient (Wildman–Crippen LogP) is 1.66. The Kier molecular flexibility index (Phi) is 4.96. The molecule has 7 N–H and O–H groups in total. The number of benzene rings is 2. The number of Topliss-reactive ketones (excluding diaryl/α,β-unsaturated/α-hetero) is 2. The number of phenols is 1. The van der Waals surface area contributed by atoms with Crippen molar-refractivity contribution in [3.05, 3.63) is 70.3 Å². The van der Waals surface area contributed by atoms with Gasteiger partial charge in [-0.2, -0.15) is 0 Å². The third-order valence-corrected chi connectivity index (χ3v) is 7.36. The Morgan fingerprint density at radius 3 is 2.41 bits per heavy atom. The number of rotatable bonds is 3. The Morgan fingerprint density at radius 1 is 1.06 bits per heavy atom. The molecule has 1 saturated carbocycles. The highest BCUT2D eigenvalue weighted by molar-refractivity contribution is 6.32. The molecule has 1 fully saturated rings. The normalized spacial score (nSPS) is 25.9. The average molecular weight is 460 g/mol. The third kappa shape index (κ3) is 2.96. The van der Waals surface area contributed by atoms with Crippen molar-refractivity contribution in [3.8, 4) is 16.9 Å². The van der Waals surface area contributed by atoms with Crippen molar-refractivity contribution in [3.63, 3.8) is 0 Å². The highest BCUT2D eigenvalue weighted by Gasteiger charge is 2.60. The van der Waals surface area contributed by atoms with Crippen LogP contribution in [0.2, 0.25) is 0 Å². The zero-order valence-corrected chi connectivity index (χ0v) is 18.2. The lowest BCUT2D eigenvalue weighted by Crippen LogP contribution is -2.60. The summed E-state index contributed by atoms with van der Waals surface area (Å²) in [7, 11) is 0. The van der Waals surface area contributed by atoms with E-state index < -0.39 is 46.2 Å². The van der Waals surface area contributed by atoms with E-state index in [9.17, 15) is 29.7 Å². The quantitative estimate of drug-likeness (QED) is 0.343. The Balaban J connectivity index is 1.65. The molecule has 0 spiro atoms. The van der Waals surface area contributed by atoms with Crippen molar-refractivity contribution in [2.24, 2.45) is 23.3 Å². The van der Waals surface area contributed by atoms with Crippen LogP contribution < -0.4 is 11.5 Å². The number of amides is 1. The largest absolute Gasteiger partial charge is 0.507 e. The maximum Gasteiger partial charge on any atom is 0.252 e. The number of primary amides is 1. The van der Waals surface area contributed by atoms with Crippen molar-refractivity contribution in [1.29, 1.82) is 0 Å². The van der Waals surface area contributed by atoms with Crippen LogP contribution in [0.25, 0.3) is 16.9 Å². The molecule has 8 heteroatoms. The van der Waals surface area contributed by atoms with Gasteiger partial charge in [0.1, 0.15) is 11.5 Å². The molecule has 0 saturated heterocycles. The number of allylic oxidation sites excluding steroid dienone is 1. The van der Waals surface area contributed by atoms with Crippen LogP contribution in [0.1, 0.15) is 29.5 Å². The Labute approximate surface area is 195 Å². The first-order chi connectivity index (χ1) is 16.2. The van der Waals surface area contributed by atoms with E-state index in [4.69, 9.17) is 11.5 Å². The molecule has 3 atom stereocenters. The van der Waals surface area contributed by atoms with E-state index in [1.54, 1.807) is 6.07 Å². The minimum absolute atomic E-state index is 0.101. The Bertz CT molecular complexity index is 1320. The molecular formula is C26H24N2O6. The highest BCUT2D eigenvalue weighted by atomic mass is 16.3. The molecule has 2 aromatic carbocycles. The topological polar surface area (TPSA) is 164 Å². The number of aromatic hydroxyl groups is 1. The molecule has 174 valence electrons. The molecule has 0 radical (unpaired) electrons. The van der Waals surface area contributed by atoms with Gasteiger partial charge in [0.15, 0.2) is 5.60 Å². The molecule has 5 rings (SSSR count). The summed E-state index contributed by atoms with van der Waals surface area (Å²) >= 11 is 0. The first kappa shape index (κ1) is 22.1. The molecule has 0 aromatic heterocycles. The van der Waals surface area contributed by atoms with E-state index in [2.05, 4.69) is 0 Å². The fourth-order valence-electron chi connectivity index (χ4n) is 5.60.